The third-order valence-corrected chi connectivity index (χ3v) is 6.83. The van der Waals surface area contributed by atoms with Gasteiger partial charge in [-0.3, -0.25) is 4.90 Å². The molecule has 12 heteroatoms. The average molecular weight is 676 g/mol. The molecule has 0 radical (unpaired) electrons. The molecule has 10 nitrogen and oxygen atoms in total. The largest absolute Gasteiger partial charge is 0.478 e. The van der Waals surface area contributed by atoms with Crippen LogP contribution in [0.25, 0.3) is 0 Å². The van der Waals surface area contributed by atoms with Gasteiger partial charge in [0.2, 0.25) is 17.8 Å². The summed E-state index contributed by atoms with van der Waals surface area (Å²) in [6.07, 6.45) is 0. The van der Waals surface area contributed by atoms with Gasteiger partial charge in [0, 0.05) is 31.7 Å². The molecule has 5 rings (SSSR count). The van der Waals surface area contributed by atoms with Crippen LogP contribution in [-0.2, 0) is 0 Å². The lowest BCUT2D eigenvalue weighted by molar-refractivity contribution is 0.0686. The third kappa shape index (κ3) is 6.86. The Balaban J connectivity index is 1.59. The van der Waals surface area contributed by atoms with E-state index in [0.717, 1.165) is 20.3 Å². The Morgan fingerprint density at radius 2 is 0.927 bits per heavy atom. The summed E-state index contributed by atoms with van der Waals surface area (Å²) < 4.78 is 1.82. The van der Waals surface area contributed by atoms with E-state index in [0.29, 0.717) is 17.3 Å². The molecule has 1 heterocycles. The summed E-state index contributed by atoms with van der Waals surface area (Å²) in [5.41, 5.74) is 3.02. The highest BCUT2D eigenvalue weighted by molar-refractivity contribution is 9.10. The smallest absolute Gasteiger partial charge is 0.335 e. The number of nitrogens with one attached hydrogen (secondary N) is 2. The van der Waals surface area contributed by atoms with Crippen molar-refractivity contribution in [2.75, 3.05) is 15.5 Å². The van der Waals surface area contributed by atoms with Crippen molar-refractivity contribution in [1.29, 1.82) is 0 Å². The molecule has 0 bridgehead atoms. The fourth-order valence-corrected chi connectivity index (χ4v) is 4.32. The minimum absolute atomic E-state index is 0.149. The molecule has 0 aliphatic rings. The number of hydrogen-bond acceptors (Lipinski definition) is 8. The summed E-state index contributed by atoms with van der Waals surface area (Å²) in [4.78, 5) is 38.3. The summed E-state index contributed by atoms with van der Waals surface area (Å²) >= 11 is 6.96. The molecule has 204 valence electrons. The van der Waals surface area contributed by atoms with E-state index >= 15 is 0 Å². The molecule has 41 heavy (non-hydrogen) atoms. The quantitative estimate of drug-likeness (QED) is 0.123. The van der Waals surface area contributed by atoms with Gasteiger partial charge in [0.25, 0.3) is 0 Å². The number of halogens is 2. The molecule has 0 aliphatic heterocycles. The predicted octanol–water partition coefficient (Wildman–Crippen LogP) is 7.75. The molecule has 0 saturated heterocycles. The molecule has 4 N–H and O–H groups in total. The first-order chi connectivity index (χ1) is 19.7. The molecule has 0 fully saturated rings. The van der Waals surface area contributed by atoms with E-state index in [2.05, 4.69) is 47.5 Å². The number of nitrogens with zero attached hydrogens (tertiary/aromatic N) is 4. The second kappa shape index (κ2) is 12.1. The van der Waals surface area contributed by atoms with E-state index in [4.69, 9.17) is 9.97 Å². The van der Waals surface area contributed by atoms with Crippen LogP contribution in [0.15, 0.2) is 106 Å². The Kier molecular flexibility index (Phi) is 8.22. The Bertz CT molecular complexity index is 1580. The van der Waals surface area contributed by atoms with Gasteiger partial charge in [-0.15, -0.1) is 0 Å². The molecule has 0 amide bonds. The number of benzene rings is 4. The van der Waals surface area contributed by atoms with Gasteiger partial charge in [-0.1, -0.05) is 31.9 Å². The van der Waals surface area contributed by atoms with Crippen molar-refractivity contribution in [1.82, 2.24) is 15.0 Å². The second-order valence-electron chi connectivity index (χ2n) is 8.59. The van der Waals surface area contributed by atoms with Crippen LogP contribution in [0.5, 0.6) is 0 Å². The fraction of sp³-hybridized carbons (Fsp3) is 0. The van der Waals surface area contributed by atoms with Gasteiger partial charge in [-0.2, -0.15) is 15.0 Å². The lowest BCUT2D eigenvalue weighted by atomic mass is 10.2. The van der Waals surface area contributed by atoms with Gasteiger partial charge in [-0.05, 0) is 97.1 Å². The van der Waals surface area contributed by atoms with Crippen LogP contribution in [-0.4, -0.2) is 37.1 Å². The summed E-state index contributed by atoms with van der Waals surface area (Å²) in [6, 6.07) is 27.7. The average Bonchev–Trinajstić information content (AvgIpc) is 2.96. The van der Waals surface area contributed by atoms with E-state index in [9.17, 15) is 19.8 Å². The van der Waals surface area contributed by atoms with Gasteiger partial charge in [0.05, 0.1) is 11.1 Å². The highest BCUT2D eigenvalue weighted by Gasteiger charge is 2.19. The Hall–Kier alpha value is -4.81. The maximum absolute atomic E-state index is 11.3. The summed E-state index contributed by atoms with van der Waals surface area (Å²) in [5, 5.41) is 24.7. The van der Waals surface area contributed by atoms with E-state index in [1.807, 2.05) is 53.4 Å². The van der Waals surface area contributed by atoms with E-state index < -0.39 is 11.9 Å². The zero-order chi connectivity index (χ0) is 28.9. The van der Waals surface area contributed by atoms with Crippen molar-refractivity contribution in [3.8, 4) is 0 Å². The SMILES string of the molecule is O=C(O)c1ccc(Nc2nc(Nc3ccc(C(=O)O)cc3)nc(N(c3ccc(Br)cc3)c3ccc(Br)cc3)n2)cc1. The first-order valence-electron chi connectivity index (χ1n) is 12.0. The van der Waals surface area contributed by atoms with Crippen LogP contribution in [0.1, 0.15) is 20.7 Å². The number of aromatic nitrogens is 3. The van der Waals surface area contributed by atoms with E-state index in [1.54, 1.807) is 24.3 Å². The zero-order valence-corrected chi connectivity index (χ0v) is 24.2. The number of carbonyl (C=O) groups is 2. The lowest BCUT2D eigenvalue weighted by Gasteiger charge is -2.24. The molecule has 0 saturated carbocycles. The fourth-order valence-electron chi connectivity index (χ4n) is 3.79. The number of carboxylic acids is 2. The van der Waals surface area contributed by atoms with Gasteiger partial charge in [0.1, 0.15) is 0 Å². The minimum Gasteiger partial charge on any atom is -0.478 e. The molecular weight excluding hydrogens is 656 g/mol. The number of anilines is 7. The van der Waals surface area contributed by atoms with Gasteiger partial charge >= 0.3 is 11.9 Å². The van der Waals surface area contributed by atoms with Crippen LogP contribution in [0.3, 0.4) is 0 Å². The molecule has 1 aromatic heterocycles. The topological polar surface area (TPSA) is 141 Å². The van der Waals surface area contributed by atoms with Crippen molar-refractivity contribution in [3.63, 3.8) is 0 Å². The maximum atomic E-state index is 11.3. The van der Waals surface area contributed by atoms with Crippen LogP contribution < -0.4 is 15.5 Å². The van der Waals surface area contributed by atoms with Crippen molar-refractivity contribution < 1.29 is 19.8 Å². The molecule has 4 aromatic carbocycles. The number of hydrogen-bond donors (Lipinski definition) is 4. The third-order valence-electron chi connectivity index (χ3n) is 5.77. The van der Waals surface area contributed by atoms with Crippen molar-refractivity contribution in [2.24, 2.45) is 0 Å². The Labute approximate surface area is 251 Å². The van der Waals surface area contributed by atoms with Crippen molar-refractivity contribution in [2.45, 2.75) is 0 Å². The Morgan fingerprint density at radius 1 is 0.561 bits per heavy atom. The lowest BCUT2D eigenvalue weighted by Crippen LogP contribution is -2.16. The standard InChI is InChI=1S/C29H20Br2N6O4/c30-19-5-13-23(14-6-19)37(24-15-7-20(31)8-16-24)29-35-27(32-21-9-1-17(2-10-21)25(38)39)34-28(36-29)33-22-11-3-18(4-12-22)26(40)41/h1-16H,(H,38,39)(H,40,41)(H2,32,33,34,35,36). The molecule has 5 aromatic rings. The molecule has 0 spiro atoms. The molecule has 0 aliphatic carbocycles. The maximum Gasteiger partial charge on any atom is 0.335 e. The van der Waals surface area contributed by atoms with E-state index in [-0.39, 0.29) is 23.0 Å². The van der Waals surface area contributed by atoms with Crippen molar-refractivity contribution >= 4 is 84.4 Å². The minimum atomic E-state index is -1.03. The van der Waals surface area contributed by atoms with Crippen LogP contribution in [0.2, 0.25) is 0 Å². The molecule has 0 unspecified atom stereocenters. The van der Waals surface area contributed by atoms with Gasteiger partial charge in [-0.25, -0.2) is 9.59 Å². The summed E-state index contributed by atoms with van der Waals surface area (Å²) in [5.74, 6) is -1.37. The summed E-state index contributed by atoms with van der Waals surface area (Å²) in [6.45, 7) is 0. The highest BCUT2D eigenvalue weighted by Crippen LogP contribution is 2.35. The molecular formula is C29H20Br2N6O4. The highest BCUT2D eigenvalue weighted by atomic mass is 79.9. The first kappa shape index (κ1) is 27.7. The van der Waals surface area contributed by atoms with Gasteiger partial charge in [0.15, 0.2) is 0 Å². The first-order valence-corrected chi connectivity index (χ1v) is 13.6. The normalized spacial score (nSPS) is 10.6. The molecule has 0 atom stereocenters. The predicted molar refractivity (Wildman–Crippen MR) is 163 cm³/mol. The second-order valence-corrected chi connectivity index (χ2v) is 10.4. The van der Waals surface area contributed by atoms with Crippen molar-refractivity contribution in [3.05, 3.63) is 117 Å². The number of rotatable bonds is 9. The van der Waals surface area contributed by atoms with E-state index in [1.165, 1.54) is 24.3 Å². The monoisotopic (exact) mass is 674 g/mol. The van der Waals surface area contributed by atoms with Gasteiger partial charge < -0.3 is 20.8 Å². The Morgan fingerprint density at radius 3 is 1.27 bits per heavy atom. The van der Waals surface area contributed by atoms with Crippen LogP contribution in [0, 0.1) is 0 Å². The number of carboxylic acid groups (broad SMARTS) is 2. The van der Waals surface area contributed by atoms with Crippen LogP contribution in [0.4, 0.5) is 40.6 Å². The number of aromatic carboxylic acids is 2. The summed E-state index contributed by atoms with van der Waals surface area (Å²) in [7, 11) is 0. The van der Waals surface area contributed by atoms with Crippen LogP contribution >= 0.6 is 31.9 Å². The zero-order valence-electron chi connectivity index (χ0n) is 21.0.